The van der Waals surface area contributed by atoms with Gasteiger partial charge in [-0.15, -0.1) is 11.8 Å². The van der Waals surface area contributed by atoms with Crippen LogP contribution in [-0.2, 0) is 0 Å². The Kier molecular flexibility index (Phi) is 2.37. The first-order valence-corrected chi connectivity index (χ1v) is 5.42. The Balaban J connectivity index is 2.46. The molecule has 0 amide bonds. The molecule has 0 aliphatic carbocycles. The van der Waals surface area contributed by atoms with E-state index in [0.717, 1.165) is 16.3 Å². The quantitative estimate of drug-likeness (QED) is 0.745. The van der Waals surface area contributed by atoms with Crippen molar-refractivity contribution in [3.8, 4) is 0 Å². The molecule has 1 aromatic rings. The molecule has 1 aliphatic heterocycles. The van der Waals surface area contributed by atoms with Gasteiger partial charge >= 0.3 is 5.97 Å². The molecule has 2 N–H and O–H groups in total. The third-order valence-electron chi connectivity index (χ3n) is 2.13. The minimum Gasteiger partial charge on any atom is -0.478 e. The highest BCUT2D eigenvalue weighted by Crippen LogP contribution is 2.35. The van der Waals surface area contributed by atoms with Gasteiger partial charge in [-0.1, -0.05) is 6.07 Å². The molecule has 0 bridgehead atoms. The van der Waals surface area contributed by atoms with E-state index in [1.54, 1.807) is 23.9 Å². The van der Waals surface area contributed by atoms with E-state index in [-0.39, 0.29) is 0 Å². The average Bonchev–Trinajstić information content (AvgIpc) is 2.16. The van der Waals surface area contributed by atoms with Crippen LogP contribution < -0.4 is 5.32 Å². The van der Waals surface area contributed by atoms with Gasteiger partial charge in [0, 0.05) is 22.4 Å². The van der Waals surface area contributed by atoms with Gasteiger partial charge in [0.25, 0.3) is 0 Å². The summed E-state index contributed by atoms with van der Waals surface area (Å²) in [6, 6.07) is 5.74. The summed E-state index contributed by atoms with van der Waals surface area (Å²) in [4.78, 5) is 11.8. The smallest absolute Gasteiger partial charge is 0.336 e. The SMILES string of the molecule is CC1CSc2c(cccc2C(=O)O)N1. The van der Waals surface area contributed by atoms with Crippen molar-refractivity contribution in [1.82, 2.24) is 0 Å². The number of thioether (sulfide) groups is 1. The Labute approximate surface area is 86.5 Å². The largest absolute Gasteiger partial charge is 0.478 e. The predicted octanol–water partition coefficient (Wildman–Crippen LogP) is 2.29. The maximum Gasteiger partial charge on any atom is 0.336 e. The molecule has 1 unspecified atom stereocenters. The van der Waals surface area contributed by atoms with Gasteiger partial charge in [0.15, 0.2) is 0 Å². The second-order valence-corrected chi connectivity index (χ2v) is 4.37. The van der Waals surface area contributed by atoms with Gasteiger partial charge in [0.05, 0.1) is 5.56 Å². The molecule has 1 heterocycles. The zero-order valence-corrected chi connectivity index (χ0v) is 8.60. The van der Waals surface area contributed by atoms with Gasteiger partial charge in [-0.05, 0) is 19.1 Å². The van der Waals surface area contributed by atoms with E-state index in [2.05, 4.69) is 12.2 Å². The van der Waals surface area contributed by atoms with Crippen LogP contribution in [0.25, 0.3) is 0 Å². The predicted molar refractivity (Wildman–Crippen MR) is 57.2 cm³/mol. The fourth-order valence-electron chi connectivity index (χ4n) is 1.49. The number of hydrogen-bond acceptors (Lipinski definition) is 3. The summed E-state index contributed by atoms with van der Waals surface area (Å²) in [5.41, 5.74) is 1.33. The van der Waals surface area contributed by atoms with E-state index in [9.17, 15) is 4.79 Å². The molecule has 2 rings (SSSR count). The van der Waals surface area contributed by atoms with Crippen LogP contribution in [0, 0.1) is 0 Å². The number of aromatic carboxylic acids is 1. The van der Waals surface area contributed by atoms with Crippen LogP contribution in [-0.4, -0.2) is 22.9 Å². The summed E-state index contributed by atoms with van der Waals surface area (Å²) in [5.74, 6) is 0.0582. The maximum absolute atomic E-state index is 10.9. The second-order valence-electron chi connectivity index (χ2n) is 3.34. The number of benzene rings is 1. The Bertz CT molecular complexity index is 378. The Morgan fingerprint density at radius 2 is 2.43 bits per heavy atom. The van der Waals surface area contributed by atoms with E-state index in [0.29, 0.717) is 11.6 Å². The van der Waals surface area contributed by atoms with E-state index in [1.165, 1.54) is 0 Å². The van der Waals surface area contributed by atoms with Gasteiger partial charge in [0.2, 0.25) is 0 Å². The lowest BCUT2D eigenvalue weighted by Gasteiger charge is -2.24. The van der Waals surface area contributed by atoms with Gasteiger partial charge < -0.3 is 10.4 Å². The fourth-order valence-corrected chi connectivity index (χ4v) is 2.58. The third-order valence-corrected chi connectivity index (χ3v) is 3.52. The zero-order chi connectivity index (χ0) is 10.1. The first-order valence-electron chi connectivity index (χ1n) is 4.44. The van der Waals surface area contributed by atoms with E-state index in [1.807, 2.05) is 6.07 Å². The molecule has 4 heteroatoms. The highest BCUT2D eigenvalue weighted by Gasteiger charge is 2.20. The summed E-state index contributed by atoms with van der Waals surface area (Å²) < 4.78 is 0. The van der Waals surface area contributed by atoms with Gasteiger partial charge in [-0.2, -0.15) is 0 Å². The number of fused-ring (bicyclic) bond motifs is 1. The molecular weight excluding hydrogens is 198 g/mol. The summed E-state index contributed by atoms with van der Waals surface area (Å²) in [7, 11) is 0. The van der Waals surface area contributed by atoms with Crippen molar-refractivity contribution in [2.75, 3.05) is 11.1 Å². The molecule has 1 aromatic carbocycles. The number of rotatable bonds is 1. The molecule has 74 valence electrons. The molecule has 0 aromatic heterocycles. The van der Waals surface area contributed by atoms with Crippen LogP contribution in [0.15, 0.2) is 23.1 Å². The topological polar surface area (TPSA) is 49.3 Å². The lowest BCUT2D eigenvalue weighted by atomic mass is 10.2. The highest BCUT2D eigenvalue weighted by molar-refractivity contribution is 7.99. The lowest BCUT2D eigenvalue weighted by Crippen LogP contribution is -2.23. The molecule has 0 saturated carbocycles. The minimum absolute atomic E-state index is 0.395. The van der Waals surface area contributed by atoms with Crippen molar-refractivity contribution in [3.63, 3.8) is 0 Å². The number of carboxylic acids is 1. The third kappa shape index (κ3) is 1.57. The molecule has 0 saturated heterocycles. The Morgan fingerprint density at radius 1 is 1.64 bits per heavy atom. The number of carbonyl (C=O) groups is 1. The minimum atomic E-state index is -0.856. The number of nitrogens with one attached hydrogen (secondary N) is 1. The Hall–Kier alpha value is -1.16. The summed E-state index contributed by atoms with van der Waals surface area (Å²) in [5, 5.41) is 12.2. The number of carboxylic acid groups (broad SMARTS) is 1. The van der Waals surface area contributed by atoms with E-state index in [4.69, 9.17) is 5.11 Å². The van der Waals surface area contributed by atoms with Crippen molar-refractivity contribution in [2.24, 2.45) is 0 Å². The molecule has 14 heavy (non-hydrogen) atoms. The number of anilines is 1. The van der Waals surface area contributed by atoms with Crippen molar-refractivity contribution < 1.29 is 9.90 Å². The van der Waals surface area contributed by atoms with Gasteiger partial charge in [0.1, 0.15) is 0 Å². The normalized spacial score (nSPS) is 19.6. The van der Waals surface area contributed by atoms with Crippen molar-refractivity contribution >= 4 is 23.4 Å². The highest BCUT2D eigenvalue weighted by atomic mass is 32.2. The number of hydrogen-bond donors (Lipinski definition) is 2. The summed E-state index contributed by atoms with van der Waals surface area (Å²) in [6.07, 6.45) is 0. The molecule has 1 atom stereocenters. The van der Waals surface area contributed by atoms with Crippen LogP contribution in [0.4, 0.5) is 5.69 Å². The van der Waals surface area contributed by atoms with Crippen molar-refractivity contribution in [3.05, 3.63) is 23.8 Å². The molecular formula is C10H11NO2S. The standard InChI is InChI=1S/C10H11NO2S/c1-6-5-14-9-7(10(12)13)3-2-4-8(9)11-6/h2-4,6,11H,5H2,1H3,(H,12,13). The molecule has 0 fully saturated rings. The summed E-state index contributed by atoms with van der Waals surface area (Å²) >= 11 is 1.61. The Morgan fingerprint density at radius 3 is 3.14 bits per heavy atom. The van der Waals surface area contributed by atoms with Crippen LogP contribution in [0.5, 0.6) is 0 Å². The molecule has 0 spiro atoms. The van der Waals surface area contributed by atoms with Gasteiger partial charge in [-0.3, -0.25) is 0 Å². The molecule has 0 radical (unpaired) electrons. The fraction of sp³-hybridized carbons (Fsp3) is 0.300. The van der Waals surface area contributed by atoms with Crippen LogP contribution in [0.3, 0.4) is 0 Å². The molecule has 1 aliphatic rings. The first kappa shape index (κ1) is 9.40. The van der Waals surface area contributed by atoms with Crippen LogP contribution >= 0.6 is 11.8 Å². The lowest BCUT2D eigenvalue weighted by molar-refractivity contribution is 0.0693. The van der Waals surface area contributed by atoms with Gasteiger partial charge in [-0.25, -0.2) is 4.79 Å². The average molecular weight is 209 g/mol. The van der Waals surface area contributed by atoms with E-state index < -0.39 is 5.97 Å². The monoisotopic (exact) mass is 209 g/mol. The van der Waals surface area contributed by atoms with Crippen molar-refractivity contribution in [2.45, 2.75) is 17.9 Å². The first-order chi connectivity index (χ1) is 6.68. The second kappa shape index (κ2) is 3.53. The maximum atomic E-state index is 10.9. The van der Waals surface area contributed by atoms with Crippen LogP contribution in [0.2, 0.25) is 0 Å². The van der Waals surface area contributed by atoms with Crippen molar-refractivity contribution in [1.29, 1.82) is 0 Å². The summed E-state index contributed by atoms with van der Waals surface area (Å²) in [6.45, 7) is 2.09. The van der Waals surface area contributed by atoms with E-state index >= 15 is 0 Å². The van der Waals surface area contributed by atoms with Crippen LogP contribution in [0.1, 0.15) is 17.3 Å². The zero-order valence-electron chi connectivity index (χ0n) is 7.78. The molecule has 3 nitrogen and oxygen atoms in total.